The van der Waals surface area contributed by atoms with Crippen LogP contribution < -0.4 is 10.6 Å². The van der Waals surface area contributed by atoms with E-state index in [2.05, 4.69) is 10.6 Å². The number of hydrogen-bond acceptors (Lipinski definition) is 3. The second-order valence-electron chi connectivity index (χ2n) is 5.44. The Morgan fingerprint density at radius 3 is 2.53 bits per heavy atom. The molecule has 4 nitrogen and oxygen atoms in total. The molecule has 1 aliphatic carbocycles. The summed E-state index contributed by atoms with van der Waals surface area (Å²) in [6.07, 6.45) is -2.82. The molecule has 1 heterocycles. The van der Waals surface area contributed by atoms with Crippen LogP contribution in [0.5, 0.6) is 0 Å². The first kappa shape index (κ1) is 14.6. The van der Waals surface area contributed by atoms with Gasteiger partial charge in [-0.15, -0.1) is 0 Å². The molecule has 2 rings (SSSR count). The molecule has 3 N–H and O–H groups in total. The van der Waals surface area contributed by atoms with Crippen LogP contribution >= 0.6 is 0 Å². The van der Waals surface area contributed by atoms with Gasteiger partial charge in [0.25, 0.3) is 0 Å². The zero-order valence-corrected chi connectivity index (χ0v) is 10.6. The van der Waals surface area contributed by atoms with Crippen molar-refractivity contribution in [2.24, 2.45) is 5.41 Å². The average molecular weight is 280 g/mol. The summed E-state index contributed by atoms with van der Waals surface area (Å²) in [7, 11) is 0. The van der Waals surface area contributed by atoms with E-state index in [9.17, 15) is 23.1 Å². The predicted molar refractivity (Wildman–Crippen MR) is 62.4 cm³/mol. The van der Waals surface area contributed by atoms with E-state index in [1.54, 1.807) is 0 Å². The monoisotopic (exact) mass is 280 g/mol. The Kier molecular flexibility index (Phi) is 4.06. The number of nitrogens with one attached hydrogen (secondary N) is 2. The summed E-state index contributed by atoms with van der Waals surface area (Å²) in [6.45, 7) is -0.203. The van der Waals surface area contributed by atoms with Crippen molar-refractivity contribution in [1.82, 2.24) is 10.6 Å². The molecule has 0 aromatic heterocycles. The second kappa shape index (κ2) is 5.28. The SMILES string of the molecule is O=C(NC1CCCCC1O)C1(C(F)(F)F)CCNC1. The summed E-state index contributed by atoms with van der Waals surface area (Å²) in [5.41, 5.74) is -2.34. The minimum absolute atomic E-state index is 0.181. The van der Waals surface area contributed by atoms with Crippen molar-refractivity contribution in [3.8, 4) is 0 Å². The Balaban J connectivity index is 2.08. The number of alkyl halides is 3. The number of aliphatic hydroxyl groups excluding tert-OH is 1. The highest BCUT2D eigenvalue weighted by Gasteiger charge is 2.61. The zero-order chi connectivity index (χ0) is 14.1. The number of amides is 1. The molecule has 1 aliphatic heterocycles. The van der Waals surface area contributed by atoms with Crippen LogP contribution in [-0.4, -0.2) is 42.4 Å². The van der Waals surface area contributed by atoms with Gasteiger partial charge in [0.15, 0.2) is 5.41 Å². The minimum atomic E-state index is -4.57. The van der Waals surface area contributed by atoms with Gasteiger partial charge in [-0.3, -0.25) is 4.79 Å². The first-order valence-corrected chi connectivity index (χ1v) is 6.63. The maximum Gasteiger partial charge on any atom is 0.404 e. The van der Waals surface area contributed by atoms with Crippen molar-refractivity contribution in [2.75, 3.05) is 13.1 Å². The second-order valence-corrected chi connectivity index (χ2v) is 5.44. The van der Waals surface area contributed by atoms with Gasteiger partial charge in [-0.1, -0.05) is 12.8 Å². The third-order valence-corrected chi connectivity index (χ3v) is 4.18. The van der Waals surface area contributed by atoms with Crippen molar-refractivity contribution >= 4 is 5.91 Å². The van der Waals surface area contributed by atoms with Crippen LogP contribution in [0.4, 0.5) is 13.2 Å². The van der Waals surface area contributed by atoms with Gasteiger partial charge < -0.3 is 15.7 Å². The maximum atomic E-state index is 13.2. The van der Waals surface area contributed by atoms with Gasteiger partial charge in [0.2, 0.25) is 5.91 Å². The molecule has 0 aromatic carbocycles. The molecule has 3 unspecified atom stereocenters. The van der Waals surface area contributed by atoms with Crippen molar-refractivity contribution in [3.05, 3.63) is 0 Å². The third-order valence-electron chi connectivity index (χ3n) is 4.18. The van der Waals surface area contributed by atoms with Crippen molar-refractivity contribution in [2.45, 2.75) is 50.4 Å². The van der Waals surface area contributed by atoms with Gasteiger partial charge in [0.1, 0.15) is 0 Å². The molecule has 1 saturated heterocycles. The van der Waals surface area contributed by atoms with Gasteiger partial charge >= 0.3 is 6.18 Å². The number of carbonyl (C=O) groups is 1. The van der Waals surface area contributed by atoms with Gasteiger partial charge in [-0.2, -0.15) is 13.2 Å². The zero-order valence-electron chi connectivity index (χ0n) is 10.6. The summed E-state index contributed by atoms with van der Waals surface area (Å²) in [4.78, 5) is 12.0. The highest BCUT2D eigenvalue weighted by Crippen LogP contribution is 2.43. The Labute approximate surface area is 109 Å². The summed E-state index contributed by atoms with van der Waals surface area (Å²) in [6, 6.07) is -0.555. The van der Waals surface area contributed by atoms with Crippen LogP contribution in [-0.2, 0) is 4.79 Å². The molecule has 0 bridgehead atoms. The molecule has 110 valence electrons. The molecule has 0 radical (unpaired) electrons. The van der Waals surface area contributed by atoms with Gasteiger partial charge in [-0.25, -0.2) is 0 Å². The molecule has 2 fully saturated rings. The standard InChI is InChI=1S/C12H19F3N2O2/c13-12(14,15)11(5-6-16-7-11)10(19)17-8-3-1-2-4-9(8)18/h8-9,16,18H,1-7H2,(H,17,19). The number of hydrogen-bond donors (Lipinski definition) is 3. The van der Waals surface area contributed by atoms with Crippen molar-refractivity contribution < 1.29 is 23.1 Å². The van der Waals surface area contributed by atoms with Gasteiger partial charge in [0.05, 0.1) is 12.1 Å². The van der Waals surface area contributed by atoms with Crippen LogP contribution in [0.3, 0.4) is 0 Å². The first-order valence-electron chi connectivity index (χ1n) is 6.63. The van der Waals surface area contributed by atoms with Gasteiger partial charge in [0, 0.05) is 6.54 Å². The molecule has 1 amide bonds. The lowest BCUT2D eigenvalue weighted by molar-refractivity contribution is -0.216. The predicted octanol–water partition coefficient (Wildman–Crippen LogP) is 0.948. The maximum absolute atomic E-state index is 13.2. The van der Waals surface area contributed by atoms with E-state index in [0.717, 1.165) is 12.8 Å². The molecule has 7 heteroatoms. The molecule has 0 spiro atoms. The lowest BCUT2D eigenvalue weighted by atomic mass is 9.83. The van der Waals surface area contributed by atoms with Crippen LogP contribution in [0, 0.1) is 5.41 Å². The number of carbonyl (C=O) groups excluding carboxylic acids is 1. The smallest absolute Gasteiger partial charge is 0.391 e. The molecule has 0 aromatic rings. The lowest BCUT2D eigenvalue weighted by Gasteiger charge is -2.34. The van der Waals surface area contributed by atoms with E-state index in [1.165, 1.54) is 0 Å². The topological polar surface area (TPSA) is 61.4 Å². The molecular weight excluding hydrogens is 261 g/mol. The van der Waals surface area contributed by atoms with Crippen LogP contribution in [0.2, 0.25) is 0 Å². The van der Waals surface area contributed by atoms with Crippen LogP contribution in [0.1, 0.15) is 32.1 Å². The van der Waals surface area contributed by atoms with Crippen molar-refractivity contribution in [1.29, 1.82) is 0 Å². The molecule has 2 aliphatic rings. The Morgan fingerprint density at radius 1 is 1.32 bits per heavy atom. The number of aliphatic hydroxyl groups is 1. The summed E-state index contributed by atoms with van der Waals surface area (Å²) in [5, 5.41) is 14.8. The van der Waals surface area contributed by atoms with E-state index in [-0.39, 0.29) is 19.5 Å². The lowest BCUT2D eigenvalue weighted by Crippen LogP contribution is -2.56. The van der Waals surface area contributed by atoms with E-state index in [4.69, 9.17) is 0 Å². The fourth-order valence-electron chi connectivity index (χ4n) is 2.84. The highest BCUT2D eigenvalue weighted by atomic mass is 19.4. The highest BCUT2D eigenvalue weighted by molar-refractivity contribution is 5.84. The quantitative estimate of drug-likeness (QED) is 0.706. The Bertz CT molecular complexity index is 340. The third kappa shape index (κ3) is 2.72. The fraction of sp³-hybridized carbons (Fsp3) is 0.917. The summed E-state index contributed by atoms with van der Waals surface area (Å²) in [5.74, 6) is -1.00. The van der Waals surface area contributed by atoms with Crippen molar-refractivity contribution in [3.63, 3.8) is 0 Å². The number of halogens is 3. The van der Waals surface area contributed by atoms with E-state index in [0.29, 0.717) is 12.8 Å². The normalized spacial score (nSPS) is 36.2. The average Bonchev–Trinajstić information content (AvgIpc) is 2.82. The molecule has 3 atom stereocenters. The largest absolute Gasteiger partial charge is 0.404 e. The Hall–Kier alpha value is -0.820. The van der Waals surface area contributed by atoms with E-state index < -0.39 is 29.6 Å². The first-order chi connectivity index (χ1) is 8.87. The van der Waals surface area contributed by atoms with Gasteiger partial charge in [-0.05, 0) is 25.8 Å². The number of rotatable bonds is 2. The summed E-state index contributed by atoms with van der Waals surface area (Å²) < 4.78 is 39.5. The van der Waals surface area contributed by atoms with E-state index >= 15 is 0 Å². The van der Waals surface area contributed by atoms with Crippen LogP contribution in [0.25, 0.3) is 0 Å². The Morgan fingerprint density at radius 2 is 2.00 bits per heavy atom. The fourth-order valence-corrected chi connectivity index (χ4v) is 2.84. The summed E-state index contributed by atoms with van der Waals surface area (Å²) >= 11 is 0. The molecule has 19 heavy (non-hydrogen) atoms. The molecular formula is C12H19F3N2O2. The van der Waals surface area contributed by atoms with Crippen LogP contribution in [0.15, 0.2) is 0 Å². The molecule has 1 saturated carbocycles. The van der Waals surface area contributed by atoms with E-state index in [1.807, 2.05) is 0 Å². The minimum Gasteiger partial charge on any atom is -0.391 e.